The quantitative estimate of drug-likeness (QED) is 0.178. The summed E-state index contributed by atoms with van der Waals surface area (Å²) in [7, 11) is -0.122. The van der Waals surface area contributed by atoms with Crippen LogP contribution in [-0.4, -0.2) is 80.9 Å². The number of hydrogen-bond acceptors (Lipinski definition) is 11. The number of aliphatic hydroxyl groups is 1. The zero-order valence-electron chi connectivity index (χ0n) is 22.0. The minimum Gasteiger partial charge on any atom is -0.395 e. The highest BCUT2D eigenvalue weighted by atomic mass is 32.2. The maximum Gasteiger partial charge on any atom is 0.280 e. The number of aliphatic hydroxyl groups excluding tert-OH is 1. The molecule has 39 heavy (non-hydrogen) atoms. The van der Waals surface area contributed by atoms with Crippen molar-refractivity contribution in [2.75, 3.05) is 49.9 Å². The van der Waals surface area contributed by atoms with Crippen LogP contribution in [-0.2, 0) is 24.2 Å². The Hall–Kier alpha value is -3.13. The third-order valence-electron chi connectivity index (χ3n) is 6.35. The summed E-state index contributed by atoms with van der Waals surface area (Å²) in [5.41, 5.74) is 1.08. The fourth-order valence-corrected chi connectivity index (χ4v) is 6.28. The second-order valence-corrected chi connectivity index (χ2v) is 12.3. The number of carbonyl (C=O) groups excluding carboxylic acids is 1. The molecule has 0 radical (unpaired) electrons. The predicted molar refractivity (Wildman–Crippen MR) is 151 cm³/mol. The zero-order chi connectivity index (χ0) is 27.8. The number of aromatic nitrogens is 2. The number of nitrogens with one attached hydrogen (secondary N) is 1. The number of hydrogen-bond donors (Lipinski definition) is 2. The minimum atomic E-state index is -3.48. The number of thiazole rings is 1. The molecule has 0 bridgehead atoms. The van der Waals surface area contributed by atoms with Crippen molar-refractivity contribution in [3.63, 3.8) is 0 Å². The summed E-state index contributed by atoms with van der Waals surface area (Å²) in [5.74, 6) is 0.123. The third-order valence-corrected chi connectivity index (χ3v) is 9.04. The summed E-state index contributed by atoms with van der Waals surface area (Å²) in [5, 5.41) is 16.5. The smallest absolute Gasteiger partial charge is 0.280 e. The first-order chi connectivity index (χ1) is 18.8. The molecule has 0 spiro atoms. The lowest BCUT2D eigenvalue weighted by Gasteiger charge is -2.15. The normalized spacial score (nSPS) is 14.6. The van der Waals surface area contributed by atoms with Gasteiger partial charge >= 0.3 is 0 Å². The molecule has 1 aliphatic carbocycles. The summed E-state index contributed by atoms with van der Waals surface area (Å²) in [6, 6.07) is 9.67. The van der Waals surface area contributed by atoms with E-state index < -0.39 is 15.7 Å². The van der Waals surface area contributed by atoms with Gasteiger partial charge in [0.2, 0.25) is 0 Å². The monoisotopic (exact) mass is 575 g/mol. The van der Waals surface area contributed by atoms with Gasteiger partial charge in [-0.15, -0.1) is 0 Å². The number of benzene rings is 1. The van der Waals surface area contributed by atoms with Crippen molar-refractivity contribution in [2.24, 2.45) is 5.16 Å². The van der Waals surface area contributed by atoms with Crippen LogP contribution in [0.2, 0.25) is 0 Å². The van der Waals surface area contributed by atoms with Gasteiger partial charge in [0.15, 0.2) is 20.7 Å². The fourth-order valence-electron chi connectivity index (χ4n) is 4.17. The molecule has 210 valence electrons. The summed E-state index contributed by atoms with van der Waals surface area (Å²) < 4.78 is 30.2. The van der Waals surface area contributed by atoms with Gasteiger partial charge in [0.1, 0.15) is 22.3 Å². The Balaban J connectivity index is 1.55. The number of oxime groups is 1. The molecule has 4 rings (SSSR count). The molecule has 0 aliphatic heterocycles. The summed E-state index contributed by atoms with van der Waals surface area (Å²) >= 11 is 1.22. The first-order valence-electron chi connectivity index (χ1n) is 12.8. The Bertz CT molecular complexity index is 1400. The molecule has 2 aromatic heterocycles. The molecule has 0 atom stereocenters. The number of ether oxygens (including phenoxy) is 1. The average Bonchev–Trinajstić information content (AvgIpc) is 3.58. The van der Waals surface area contributed by atoms with Crippen LogP contribution >= 0.6 is 11.3 Å². The summed E-state index contributed by atoms with van der Waals surface area (Å²) in [6.07, 6.45) is 4.16. The summed E-state index contributed by atoms with van der Waals surface area (Å²) in [6.45, 7) is 0.801. The van der Waals surface area contributed by atoms with E-state index in [2.05, 4.69) is 20.4 Å². The Morgan fingerprint density at radius 2 is 1.92 bits per heavy atom. The Morgan fingerprint density at radius 3 is 2.62 bits per heavy atom. The number of carbonyl (C=O) groups is 1. The lowest BCUT2D eigenvalue weighted by Crippen LogP contribution is -2.25. The van der Waals surface area contributed by atoms with E-state index >= 15 is 0 Å². The number of amides is 1. The molecular weight excluding hydrogens is 542 g/mol. The van der Waals surface area contributed by atoms with Crippen molar-refractivity contribution < 1.29 is 27.9 Å². The molecule has 0 saturated heterocycles. The molecule has 2 N–H and O–H groups in total. The van der Waals surface area contributed by atoms with Crippen molar-refractivity contribution in [3.05, 3.63) is 42.0 Å². The van der Waals surface area contributed by atoms with Gasteiger partial charge < -0.3 is 19.6 Å². The second-order valence-electron chi connectivity index (χ2n) is 9.25. The van der Waals surface area contributed by atoms with Gasteiger partial charge in [0.25, 0.3) is 5.91 Å². The highest BCUT2D eigenvalue weighted by Crippen LogP contribution is 2.27. The highest BCUT2D eigenvalue weighted by Gasteiger charge is 2.22. The molecule has 1 fully saturated rings. The number of methoxy groups -OCH3 is 1. The van der Waals surface area contributed by atoms with Crippen LogP contribution < -0.4 is 10.2 Å². The average molecular weight is 576 g/mol. The van der Waals surface area contributed by atoms with Crippen molar-refractivity contribution in [1.29, 1.82) is 0 Å². The number of pyridine rings is 1. The molecule has 1 aliphatic rings. The SMILES string of the molecule is COCCCS(=O)(=O)c1ccc(C(=NOC2CCCC2)C(=O)Nc2nc3ccc(N(C)CCO)nc3s2)cc1. The molecule has 3 aromatic rings. The number of sulfone groups is 1. The first kappa shape index (κ1) is 28.9. The number of nitrogens with zero attached hydrogens (tertiary/aromatic N) is 4. The van der Waals surface area contributed by atoms with Crippen LogP contribution in [0.25, 0.3) is 10.3 Å². The third kappa shape index (κ3) is 7.50. The Labute approximate surface area is 231 Å². The largest absolute Gasteiger partial charge is 0.395 e. The molecule has 1 amide bonds. The molecule has 1 aromatic carbocycles. The van der Waals surface area contributed by atoms with Crippen molar-refractivity contribution in [2.45, 2.75) is 43.1 Å². The van der Waals surface area contributed by atoms with Crippen LogP contribution in [0.3, 0.4) is 0 Å². The Kier molecular flexibility index (Phi) is 9.83. The number of rotatable bonds is 13. The number of likely N-dealkylation sites (N-methyl/N-ethyl adjacent to an activating group) is 1. The van der Waals surface area contributed by atoms with E-state index in [9.17, 15) is 18.3 Å². The van der Waals surface area contributed by atoms with Crippen molar-refractivity contribution in [1.82, 2.24) is 9.97 Å². The van der Waals surface area contributed by atoms with Gasteiger partial charge in [-0.25, -0.2) is 18.4 Å². The van der Waals surface area contributed by atoms with Crippen molar-refractivity contribution >= 4 is 54.1 Å². The number of fused-ring (bicyclic) bond motifs is 1. The van der Waals surface area contributed by atoms with Gasteiger partial charge in [-0.05, 0) is 56.4 Å². The van der Waals surface area contributed by atoms with Crippen molar-refractivity contribution in [3.8, 4) is 0 Å². The van der Waals surface area contributed by atoms with Crippen LogP contribution in [0.15, 0.2) is 46.4 Å². The molecule has 11 nitrogen and oxygen atoms in total. The van der Waals surface area contributed by atoms with Crippen LogP contribution in [0, 0.1) is 0 Å². The maximum atomic E-state index is 13.4. The van der Waals surface area contributed by atoms with Crippen LogP contribution in [0.5, 0.6) is 0 Å². The number of anilines is 2. The fraction of sp³-hybridized carbons (Fsp3) is 0.462. The topological polar surface area (TPSA) is 143 Å². The Morgan fingerprint density at radius 1 is 1.18 bits per heavy atom. The van der Waals surface area contributed by atoms with Gasteiger partial charge in [-0.2, -0.15) is 0 Å². The lowest BCUT2D eigenvalue weighted by atomic mass is 10.1. The van der Waals surface area contributed by atoms with E-state index in [1.807, 2.05) is 18.0 Å². The predicted octanol–water partition coefficient (Wildman–Crippen LogP) is 3.23. The van der Waals surface area contributed by atoms with Gasteiger partial charge in [0.05, 0.1) is 17.3 Å². The van der Waals surface area contributed by atoms with E-state index in [1.54, 1.807) is 18.2 Å². The van der Waals surface area contributed by atoms with E-state index in [4.69, 9.17) is 9.57 Å². The van der Waals surface area contributed by atoms with Gasteiger partial charge in [-0.3, -0.25) is 10.1 Å². The summed E-state index contributed by atoms with van der Waals surface area (Å²) in [4.78, 5) is 30.7. The van der Waals surface area contributed by atoms with Crippen LogP contribution in [0.1, 0.15) is 37.7 Å². The molecule has 2 heterocycles. The van der Waals surface area contributed by atoms with E-state index in [0.717, 1.165) is 25.7 Å². The maximum absolute atomic E-state index is 13.4. The molecule has 0 unspecified atom stereocenters. The lowest BCUT2D eigenvalue weighted by molar-refractivity contribution is -0.110. The zero-order valence-corrected chi connectivity index (χ0v) is 23.6. The standard InChI is InChI=1S/C26H33N5O6S2/c1-31(14-15-32)22-13-12-21-25(28-22)38-26(27-21)29-24(33)23(30-37-19-6-3-4-7-19)18-8-10-20(11-9-18)39(34,35)17-5-16-36-2/h8-13,19,32H,3-7,14-17H2,1-2H3,(H,27,29,33). The second kappa shape index (κ2) is 13.3. The van der Waals surface area contributed by atoms with E-state index in [-0.39, 0.29) is 29.1 Å². The highest BCUT2D eigenvalue weighted by molar-refractivity contribution is 7.91. The van der Waals surface area contributed by atoms with Crippen LogP contribution in [0.4, 0.5) is 10.9 Å². The van der Waals surface area contributed by atoms with Gasteiger partial charge in [0, 0.05) is 32.9 Å². The first-order valence-corrected chi connectivity index (χ1v) is 15.2. The molecular formula is C26H33N5O6S2. The molecule has 1 saturated carbocycles. The van der Waals surface area contributed by atoms with E-state index in [1.165, 1.54) is 30.6 Å². The van der Waals surface area contributed by atoms with E-state index in [0.29, 0.717) is 46.4 Å². The molecule has 13 heteroatoms. The van der Waals surface area contributed by atoms with Gasteiger partial charge in [-0.1, -0.05) is 28.6 Å². The minimum absolute atomic E-state index is 0.00593.